The summed E-state index contributed by atoms with van der Waals surface area (Å²) >= 11 is 1.40. The van der Waals surface area contributed by atoms with Crippen LogP contribution in [0.3, 0.4) is 0 Å². The Kier molecular flexibility index (Phi) is 6.45. The fourth-order valence-corrected chi connectivity index (χ4v) is 4.73. The van der Waals surface area contributed by atoms with Crippen molar-refractivity contribution in [2.45, 2.75) is 32.6 Å². The Morgan fingerprint density at radius 3 is 2.65 bits per heavy atom. The highest BCUT2D eigenvalue weighted by molar-refractivity contribution is 7.19. The zero-order valence-electron chi connectivity index (χ0n) is 17.4. The maximum atomic E-state index is 12.8. The summed E-state index contributed by atoms with van der Waals surface area (Å²) in [6.07, 6.45) is 3.07. The van der Waals surface area contributed by atoms with Gasteiger partial charge < -0.3 is 15.0 Å². The molecule has 2 fully saturated rings. The molecule has 2 saturated heterocycles. The van der Waals surface area contributed by atoms with E-state index in [1.807, 2.05) is 0 Å². The number of ether oxygens (including phenoxy) is 1. The van der Waals surface area contributed by atoms with E-state index in [1.54, 1.807) is 36.1 Å². The van der Waals surface area contributed by atoms with Crippen LogP contribution < -0.4 is 15.1 Å². The van der Waals surface area contributed by atoms with Crippen LogP contribution in [0.15, 0.2) is 24.3 Å². The summed E-state index contributed by atoms with van der Waals surface area (Å²) in [4.78, 5) is 40.3. The molecule has 1 N–H and O–H groups in total. The molecular weight excluding hydrogens is 418 g/mol. The normalized spacial score (nSPS) is 18.9. The summed E-state index contributed by atoms with van der Waals surface area (Å²) in [6, 6.07) is 6.69. The fraction of sp³-hybridized carbons (Fsp3) is 0.476. The van der Waals surface area contributed by atoms with Crippen LogP contribution in [-0.2, 0) is 14.3 Å². The van der Waals surface area contributed by atoms with E-state index >= 15 is 0 Å². The van der Waals surface area contributed by atoms with Crippen LogP contribution in [0.1, 0.15) is 43.0 Å². The second-order valence-corrected chi connectivity index (χ2v) is 8.52. The van der Waals surface area contributed by atoms with Crippen molar-refractivity contribution in [3.63, 3.8) is 0 Å². The largest absolute Gasteiger partial charge is 0.462 e. The first kappa shape index (κ1) is 21.2. The molecular formula is C21H25N5O4S. The number of nitrogens with zero attached hydrogens (tertiary/aromatic N) is 4. The summed E-state index contributed by atoms with van der Waals surface area (Å²) < 4.78 is 4.97. The Morgan fingerprint density at radius 2 is 1.94 bits per heavy atom. The van der Waals surface area contributed by atoms with Crippen LogP contribution in [0.4, 0.5) is 16.0 Å². The number of rotatable bonds is 6. The summed E-state index contributed by atoms with van der Waals surface area (Å²) in [5, 5.41) is 12.8. The number of amides is 2. The number of aromatic nitrogens is 2. The molecule has 0 unspecified atom stereocenters. The smallest absolute Gasteiger partial charge is 0.338 e. The van der Waals surface area contributed by atoms with Gasteiger partial charge in [-0.25, -0.2) is 4.79 Å². The third-order valence-electron chi connectivity index (χ3n) is 5.43. The number of piperidine rings is 1. The molecule has 164 valence electrons. The van der Waals surface area contributed by atoms with Gasteiger partial charge >= 0.3 is 5.97 Å². The average molecular weight is 444 g/mol. The summed E-state index contributed by atoms with van der Waals surface area (Å²) in [7, 11) is 0. The SMILES string of the molecule is CCOC(=O)c1ccc(NC(=O)[C@@H]2CCCN(c3nnc(N4CCCC4=O)s3)C2)cc1. The molecule has 9 nitrogen and oxygen atoms in total. The predicted octanol–water partition coefficient (Wildman–Crippen LogP) is 2.70. The van der Waals surface area contributed by atoms with Gasteiger partial charge in [-0.3, -0.25) is 14.5 Å². The van der Waals surface area contributed by atoms with Gasteiger partial charge in [0.15, 0.2) is 0 Å². The first-order valence-electron chi connectivity index (χ1n) is 10.5. The quantitative estimate of drug-likeness (QED) is 0.685. The Balaban J connectivity index is 1.36. The second-order valence-electron chi connectivity index (χ2n) is 7.59. The molecule has 0 saturated carbocycles. The van der Waals surface area contributed by atoms with Crippen molar-refractivity contribution in [2.75, 3.05) is 41.4 Å². The molecule has 4 rings (SSSR count). The maximum absolute atomic E-state index is 12.8. The zero-order chi connectivity index (χ0) is 21.8. The lowest BCUT2D eigenvalue weighted by Crippen LogP contribution is -2.40. The molecule has 1 atom stereocenters. The number of hydrogen-bond acceptors (Lipinski definition) is 8. The van der Waals surface area contributed by atoms with Gasteiger partial charge in [-0.05, 0) is 50.5 Å². The number of carbonyl (C=O) groups is 3. The molecule has 1 aromatic heterocycles. The number of carbonyl (C=O) groups excluding carboxylic acids is 3. The Hall–Kier alpha value is -3.01. The lowest BCUT2D eigenvalue weighted by molar-refractivity contribution is -0.120. The van der Waals surface area contributed by atoms with Crippen molar-refractivity contribution < 1.29 is 19.1 Å². The topological polar surface area (TPSA) is 105 Å². The molecule has 3 heterocycles. The summed E-state index contributed by atoms with van der Waals surface area (Å²) in [6.45, 7) is 4.12. The Morgan fingerprint density at radius 1 is 1.16 bits per heavy atom. The van der Waals surface area contributed by atoms with Crippen molar-refractivity contribution in [3.05, 3.63) is 29.8 Å². The molecule has 0 spiro atoms. The van der Waals surface area contributed by atoms with Crippen LogP contribution in [0.25, 0.3) is 0 Å². The maximum Gasteiger partial charge on any atom is 0.338 e. The summed E-state index contributed by atoms with van der Waals surface area (Å²) in [5.74, 6) is -0.532. The third kappa shape index (κ3) is 4.84. The number of esters is 1. The predicted molar refractivity (Wildman–Crippen MR) is 117 cm³/mol. The van der Waals surface area contributed by atoms with Gasteiger partial charge in [0.25, 0.3) is 0 Å². The standard InChI is InChI=1S/C21H25N5O4S/c1-2-30-19(29)14-7-9-16(10-8-14)22-18(28)15-5-3-11-25(13-15)20-23-24-21(31-20)26-12-4-6-17(26)27/h7-10,15H,2-6,11-13H2,1H3,(H,22,28)/t15-/m1/s1. The van der Waals surface area contributed by atoms with Gasteiger partial charge in [-0.2, -0.15) is 0 Å². The first-order valence-corrected chi connectivity index (χ1v) is 11.3. The average Bonchev–Trinajstić information content (AvgIpc) is 3.43. The van der Waals surface area contributed by atoms with E-state index in [9.17, 15) is 14.4 Å². The van der Waals surface area contributed by atoms with Crippen LogP contribution in [0, 0.1) is 5.92 Å². The van der Waals surface area contributed by atoms with E-state index in [1.165, 1.54) is 11.3 Å². The van der Waals surface area contributed by atoms with Crippen LogP contribution in [-0.4, -0.2) is 54.2 Å². The lowest BCUT2D eigenvalue weighted by atomic mass is 9.97. The molecule has 2 aliphatic heterocycles. The van der Waals surface area contributed by atoms with E-state index in [-0.39, 0.29) is 23.7 Å². The highest BCUT2D eigenvalue weighted by Crippen LogP contribution is 2.32. The third-order valence-corrected chi connectivity index (χ3v) is 6.44. The van der Waals surface area contributed by atoms with Crippen molar-refractivity contribution in [3.8, 4) is 0 Å². The fourth-order valence-electron chi connectivity index (χ4n) is 3.81. The molecule has 0 bridgehead atoms. The number of nitrogens with one attached hydrogen (secondary N) is 1. The summed E-state index contributed by atoms with van der Waals surface area (Å²) in [5.41, 5.74) is 1.09. The molecule has 2 amide bonds. The highest BCUT2D eigenvalue weighted by Gasteiger charge is 2.30. The highest BCUT2D eigenvalue weighted by atomic mass is 32.1. The van der Waals surface area contributed by atoms with Gasteiger partial charge in [0.05, 0.1) is 18.1 Å². The van der Waals surface area contributed by atoms with E-state index in [2.05, 4.69) is 20.4 Å². The molecule has 2 aromatic rings. The number of benzene rings is 1. The van der Waals surface area contributed by atoms with Crippen LogP contribution in [0.5, 0.6) is 0 Å². The molecule has 0 radical (unpaired) electrons. The molecule has 1 aromatic carbocycles. The monoisotopic (exact) mass is 443 g/mol. The van der Waals surface area contributed by atoms with E-state index in [0.717, 1.165) is 30.9 Å². The number of hydrogen-bond donors (Lipinski definition) is 1. The van der Waals surface area contributed by atoms with E-state index in [4.69, 9.17) is 4.74 Å². The zero-order valence-corrected chi connectivity index (χ0v) is 18.2. The van der Waals surface area contributed by atoms with Gasteiger partial charge in [-0.1, -0.05) is 11.3 Å². The van der Waals surface area contributed by atoms with Crippen molar-refractivity contribution >= 4 is 45.1 Å². The molecule has 31 heavy (non-hydrogen) atoms. The first-order chi connectivity index (χ1) is 15.0. The minimum absolute atomic E-state index is 0.0620. The van der Waals surface area contributed by atoms with Crippen LogP contribution >= 0.6 is 11.3 Å². The molecule has 2 aliphatic rings. The van der Waals surface area contributed by atoms with Crippen molar-refractivity contribution in [2.24, 2.45) is 5.92 Å². The van der Waals surface area contributed by atoms with Gasteiger partial charge in [-0.15, -0.1) is 10.2 Å². The van der Waals surface area contributed by atoms with E-state index in [0.29, 0.717) is 42.5 Å². The van der Waals surface area contributed by atoms with Crippen LogP contribution in [0.2, 0.25) is 0 Å². The Labute approximate surface area is 184 Å². The minimum Gasteiger partial charge on any atom is -0.462 e. The molecule has 10 heteroatoms. The Bertz CT molecular complexity index is 961. The number of anilines is 3. The van der Waals surface area contributed by atoms with Gasteiger partial charge in [0.1, 0.15) is 0 Å². The van der Waals surface area contributed by atoms with Gasteiger partial charge in [0.2, 0.25) is 22.1 Å². The van der Waals surface area contributed by atoms with Crippen molar-refractivity contribution in [1.29, 1.82) is 0 Å². The van der Waals surface area contributed by atoms with Gasteiger partial charge in [0, 0.05) is 31.7 Å². The minimum atomic E-state index is -0.379. The molecule has 0 aliphatic carbocycles. The second kappa shape index (κ2) is 9.42. The lowest BCUT2D eigenvalue weighted by Gasteiger charge is -2.31. The van der Waals surface area contributed by atoms with Crippen molar-refractivity contribution in [1.82, 2.24) is 10.2 Å². The van der Waals surface area contributed by atoms with E-state index < -0.39 is 0 Å².